The van der Waals surface area contributed by atoms with Crippen molar-refractivity contribution in [2.75, 3.05) is 13.2 Å². The third-order valence-electron chi connectivity index (χ3n) is 10.7. The van der Waals surface area contributed by atoms with Gasteiger partial charge >= 0.3 is 19.8 Å². The van der Waals surface area contributed by atoms with Gasteiger partial charge in [0.2, 0.25) is 0 Å². The van der Waals surface area contributed by atoms with Crippen LogP contribution in [0.15, 0.2) is 60.8 Å². The predicted molar refractivity (Wildman–Crippen MR) is 239 cm³/mol. The van der Waals surface area contributed by atoms with Crippen molar-refractivity contribution in [3.8, 4) is 0 Å². The molecule has 0 aromatic heterocycles. The van der Waals surface area contributed by atoms with Crippen LogP contribution in [0, 0.1) is 0 Å². The number of carbonyl (C=O) groups is 2. The highest BCUT2D eigenvalue weighted by Gasteiger charge is 2.51. The molecule has 14 nitrogen and oxygen atoms in total. The maximum Gasteiger partial charge on any atom is 0.472 e. The van der Waals surface area contributed by atoms with Gasteiger partial charge in [0, 0.05) is 12.8 Å². The molecule has 1 saturated carbocycles. The number of unbranched alkanes of at least 4 members (excludes halogenated alkanes) is 12. The molecule has 62 heavy (non-hydrogen) atoms. The van der Waals surface area contributed by atoms with Crippen LogP contribution in [0.25, 0.3) is 0 Å². The summed E-state index contributed by atoms with van der Waals surface area (Å²) in [5.74, 6) is -1.19. The SMILES string of the molecule is CCCCC/C=C\C/C=C\CCCCCCCC(=O)OC[C@H](COP(=O)(O)OC1[C@H](O)[C@H](O)C(O)[C@H](O)[C@H]1O)OC(=O)CCC/C=C\CC1OC1C/C=C\C/C=C\CCCCC. The van der Waals surface area contributed by atoms with Crippen LogP contribution in [0.1, 0.15) is 155 Å². The van der Waals surface area contributed by atoms with Gasteiger partial charge in [-0.25, -0.2) is 4.57 Å². The summed E-state index contributed by atoms with van der Waals surface area (Å²) in [6.07, 6.45) is 28.7. The number of ether oxygens (including phenoxy) is 3. The first-order chi connectivity index (χ1) is 29.9. The van der Waals surface area contributed by atoms with Crippen LogP contribution >= 0.6 is 7.82 Å². The lowest BCUT2D eigenvalue weighted by atomic mass is 9.85. The van der Waals surface area contributed by atoms with E-state index in [4.69, 9.17) is 23.3 Å². The Hall–Kier alpha value is -2.49. The molecule has 0 amide bonds. The number of phosphoric ester groups is 1. The molecule has 0 radical (unpaired) electrons. The Bertz CT molecular complexity index is 1380. The molecule has 1 aliphatic heterocycles. The number of esters is 2. The van der Waals surface area contributed by atoms with Gasteiger partial charge in [0.1, 0.15) is 43.2 Å². The standard InChI is InChI=1S/C47H79O14P/c1-3-5-7-9-11-13-14-15-16-17-18-20-22-24-29-33-40(48)57-35-37(36-58-62(55,56)61-47-45(53)43(51)42(50)44(52)46(47)54)59-41(49)34-30-26-25-28-32-39-38(60-39)31-27-23-21-19-12-10-8-6-4-2/h11-13,15-16,19,23,25,27-28,37-39,42-47,50-54H,3-10,14,17-18,20-22,24,26,29-36H2,1-2H3,(H,55,56)/b13-11-,16-15-,19-12-,27-23-,28-25-/t37-,38?,39?,42?,43-,44+,45-,46-,47?/m1/s1. The average Bonchev–Trinajstić information content (AvgIpc) is 4.01. The minimum absolute atomic E-state index is 0.00694. The molecule has 0 spiro atoms. The largest absolute Gasteiger partial charge is 0.472 e. The molecule has 6 N–H and O–H groups in total. The molecule has 5 unspecified atom stereocenters. The third-order valence-corrected chi connectivity index (χ3v) is 11.7. The Balaban J connectivity index is 1.75. The summed E-state index contributed by atoms with van der Waals surface area (Å²) in [6.45, 7) is 3.16. The molecule has 15 heteroatoms. The summed E-state index contributed by atoms with van der Waals surface area (Å²) in [5.41, 5.74) is 0. The van der Waals surface area contributed by atoms with Gasteiger partial charge in [0.05, 0.1) is 18.8 Å². The summed E-state index contributed by atoms with van der Waals surface area (Å²) in [4.78, 5) is 35.7. The smallest absolute Gasteiger partial charge is 0.462 e. The van der Waals surface area contributed by atoms with Gasteiger partial charge < -0.3 is 44.6 Å². The monoisotopic (exact) mass is 899 g/mol. The summed E-state index contributed by atoms with van der Waals surface area (Å²) in [5, 5.41) is 50.2. The van der Waals surface area contributed by atoms with E-state index in [-0.39, 0.29) is 25.0 Å². The maximum atomic E-state index is 12.8. The first-order valence-electron chi connectivity index (χ1n) is 23.2. The Morgan fingerprint density at radius 1 is 0.565 bits per heavy atom. The Labute approximate surface area is 370 Å². The summed E-state index contributed by atoms with van der Waals surface area (Å²) < 4.78 is 39.2. The second kappa shape index (κ2) is 33.9. The highest BCUT2D eigenvalue weighted by atomic mass is 31.2. The Kier molecular flexibility index (Phi) is 30.5. The van der Waals surface area contributed by atoms with E-state index in [9.17, 15) is 44.6 Å². The van der Waals surface area contributed by atoms with E-state index in [0.29, 0.717) is 19.3 Å². The van der Waals surface area contributed by atoms with Crippen LogP contribution in [-0.2, 0) is 37.4 Å². The minimum atomic E-state index is -5.15. The number of hydrogen-bond acceptors (Lipinski definition) is 13. The second-order valence-electron chi connectivity index (χ2n) is 16.3. The van der Waals surface area contributed by atoms with Gasteiger partial charge in [0.25, 0.3) is 0 Å². The normalized spacial score (nSPS) is 25.7. The third kappa shape index (κ3) is 25.7. The topological polar surface area (TPSA) is 222 Å². The van der Waals surface area contributed by atoms with Gasteiger partial charge in [-0.15, -0.1) is 0 Å². The van der Waals surface area contributed by atoms with Gasteiger partial charge in [-0.1, -0.05) is 120 Å². The molecular formula is C47H79O14P. The molecule has 1 heterocycles. The summed E-state index contributed by atoms with van der Waals surface area (Å²) in [7, 11) is -5.15. The molecule has 2 rings (SSSR count). The predicted octanol–water partition coefficient (Wildman–Crippen LogP) is 7.93. The zero-order chi connectivity index (χ0) is 45.4. The molecule has 0 aromatic carbocycles. The molecule has 1 saturated heterocycles. The first kappa shape index (κ1) is 55.6. The average molecular weight is 899 g/mol. The second-order valence-corrected chi connectivity index (χ2v) is 17.7. The van der Waals surface area contributed by atoms with Crippen molar-refractivity contribution in [2.24, 2.45) is 0 Å². The van der Waals surface area contributed by atoms with E-state index in [1.54, 1.807) is 0 Å². The number of rotatable bonds is 36. The zero-order valence-electron chi connectivity index (χ0n) is 37.3. The van der Waals surface area contributed by atoms with E-state index in [1.807, 2.05) is 12.2 Å². The molecular weight excluding hydrogens is 819 g/mol. The fourth-order valence-corrected chi connectivity index (χ4v) is 7.79. The van der Waals surface area contributed by atoms with Crippen LogP contribution in [0.2, 0.25) is 0 Å². The van der Waals surface area contributed by atoms with Gasteiger partial charge in [-0.05, 0) is 83.5 Å². The number of phosphoric acid groups is 1. The van der Waals surface area contributed by atoms with Crippen LogP contribution in [0.4, 0.5) is 0 Å². The highest BCUT2D eigenvalue weighted by molar-refractivity contribution is 7.47. The number of epoxide rings is 1. The van der Waals surface area contributed by atoms with Crippen molar-refractivity contribution < 1.29 is 67.8 Å². The molecule has 10 atom stereocenters. The lowest BCUT2D eigenvalue weighted by Crippen LogP contribution is -2.64. The van der Waals surface area contributed by atoms with E-state index >= 15 is 0 Å². The summed E-state index contributed by atoms with van der Waals surface area (Å²) >= 11 is 0. The Morgan fingerprint density at radius 2 is 1.02 bits per heavy atom. The lowest BCUT2D eigenvalue weighted by molar-refractivity contribution is -0.220. The van der Waals surface area contributed by atoms with Crippen LogP contribution < -0.4 is 0 Å². The van der Waals surface area contributed by atoms with Crippen molar-refractivity contribution in [1.82, 2.24) is 0 Å². The first-order valence-corrected chi connectivity index (χ1v) is 24.7. The quantitative estimate of drug-likeness (QED) is 0.0116. The van der Waals surface area contributed by atoms with Gasteiger partial charge in [-0.2, -0.15) is 0 Å². The van der Waals surface area contributed by atoms with Crippen LogP contribution in [-0.4, -0.2) is 111 Å². The zero-order valence-corrected chi connectivity index (χ0v) is 38.2. The fraction of sp³-hybridized carbons (Fsp3) is 0.745. The number of carbonyl (C=O) groups excluding carboxylic acids is 2. The van der Waals surface area contributed by atoms with Gasteiger partial charge in [-0.3, -0.25) is 18.6 Å². The molecule has 0 bridgehead atoms. The lowest BCUT2D eigenvalue weighted by Gasteiger charge is -2.41. The van der Waals surface area contributed by atoms with Gasteiger partial charge in [0.15, 0.2) is 6.10 Å². The van der Waals surface area contributed by atoms with Crippen molar-refractivity contribution in [2.45, 2.75) is 210 Å². The fourth-order valence-electron chi connectivity index (χ4n) is 6.82. The molecule has 0 aromatic rings. The van der Waals surface area contributed by atoms with Crippen molar-refractivity contribution in [3.63, 3.8) is 0 Å². The molecule has 356 valence electrons. The van der Waals surface area contributed by atoms with E-state index in [0.717, 1.165) is 70.6 Å². The number of aliphatic hydroxyl groups is 5. The molecule has 1 aliphatic carbocycles. The van der Waals surface area contributed by atoms with E-state index in [2.05, 4.69) is 62.5 Å². The van der Waals surface area contributed by atoms with Crippen molar-refractivity contribution >= 4 is 19.8 Å². The van der Waals surface area contributed by atoms with Crippen LogP contribution in [0.3, 0.4) is 0 Å². The number of hydrogen-bond donors (Lipinski definition) is 6. The van der Waals surface area contributed by atoms with Crippen LogP contribution in [0.5, 0.6) is 0 Å². The maximum absolute atomic E-state index is 12.8. The van der Waals surface area contributed by atoms with Crippen molar-refractivity contribution in [1.29, 1.82) is 0 Å². The number of aliphatic hydroxyl groups excluding tert-OH is 5. The Morgan fingerprint density at radius 3 is 1.60 bits per heavy atom. The highest BCUT2D eigenvalue weighted by Crippen LogP contribution is 2.47. The van der Waals surface area contributed by atoms with E-state index in [1.165, 1.54) is 38.5 Å². The summed E-state index contributed by atoms with van der Waals surface area (Å²) in [6, 6.07) is 0. The minimum Gasteiger partial charge on any atom is -0.462 e. The number of allylic oxidation sites excluding steroid dienone is 8. The van der Waals surface area contributed by atoms with Crippen molar-refractivity contribution in [3.05, 3.63) is 60.8 Å². The molecule has 2 fully saturated rings. The molecule has 2 aliphatic rings. The van der Waals surface area contributed by atoms with E-state index < -0.39 is 75.7 Å².